The van der Waals surface area contributed by atoms with E-state index < -0.39 is 6.04 Å². The first-order valence-corrected chi connectivity index (χ1v) is 6.67. The normalized spacial score (nSPS) is 12.4. The number of carbonyl (C=O) groups is 1. The number of rotatable bonds is 8. The van der Waals surface area contributed by atoms with Crippen molar-refractivity contribution in [3.05, 3.63) is 17.5 Å². The van der Waals surface area contributed by atoms with Crippen molar-refractivity contribution in [1.82, 2.24) is 5.16 Å². The number of nitrogens with two attached hydrogens (primary N) is 1. The van der Waals surface area contributed by atoms with Gasteiger partial charge in [0.2, 0.25) is 0 Å². The molecule has 7 heteroatoms. The second kappa shape index (κ2) is 8.12. The van der Waals surface area contributed by atoms with E-state index >= 15 is 0 Å². The third kappa shape index (κ3) is 5.07. The highest BCUT2D eigenvalue weighted by Crippen LogP contribution is 2.14. The zero-order valence-corrected chi connectivity index (χ0v) is 11.4. The summed E-state index contributed by atoms with van der Waals surface area (Å²) in [7, 11) is 2.94. The number of nitrogens with zero attached hydrogens (tertiary/aromatic N) is 1. The average Bonchev–Trinajstić information content (AvgIpc) is 2.81. The Morgan fingerprint density at radius 2 is 2.39 bits per heavy atom. The van der Waals surface area contributed by atoms with E-state index in [2.05, 4.69) is 9.89 Å². The van der Waals surface area contributed by atoms with Crippen LogP contribution in [0.1, 0.15) is 17.9 Å². The van der Waals surface area contributed by atoms with Crippen LogP contribution in [-0.2, 0) is 26.6 Å². The van der Waals surface area contributed by atoms with Crippen molar-refractivity contribution in [3.8, 4) is 0 Å². The van der Waals surface area contributed by atoms with E-state index in [1.807, 2.05) is 6.07 Å². The van der Waals surface area contributed by atoms with Crippen molar-refractivity contribution in [2.24, 2.45) is 5.73 Å². The maximum absolute atomic E-state index is 11.1. The van der Waals surface area contributed by atoms with Gasteiger partial charge in [0.1, 0.15) is 12.6 Å². The Kier molecular flexibility index (Phi) is 6.77. The van der Waals surface area contributed by atoms with Gasteiger partial charge in [-0.1, -0.05) is 5.16 Å². The molecule has 1 rings (SSSR count). The summed E-state index contributed by atoms with van der Waals surface area (Å²) in [5, 5.41) is 3.90. The molecule has 1 aromatic rings. The first kappa shape index (κ1) is 15.0. The van der Waals surface area contributed by atoms with Crippen LogP contribution in [0.5, 0.6) is 0 Å². The average molecular weight is 274 g/mol. The third-order valence-electron chi connectivity index (χ3n) is 2.22. The first-order valence-electron chi connectivity index (χ1n) is 5.52. The molecule has 0 aliphatic heterocycles. The lowest BCUT2D eigenvalue weighted by Crippen LogP contribution is -2.31. The summed E-state index contributed by atoms with van der Waals surface area (Å²) < 4.78 is 14.5. The Bertz CT molecular complexity index is 370. The number of esters is 1. The fourth-order valence-electron chi connectivity index (χ4n) is 1.29. The minimum Gasteiger partial charge on any atom is -0.468 e. The summed E-state index contributed by atoms with van der Waals surface area (Å²) in [5.41, 5.74) is 6.47. The molecule has 1 heterocycles. The van der Waals surface area contributed by atoms with Gasteiger partial charge in [0.25, 0.3) is 0 Å². The van der Waals surface area contributed by atoms with E-state index in [0.29, 0.717) is 18.8 Å². The molecule has 0 aromatic carbocycles. The highest BCUT2D eigenvalue weighted by Gasteiger charge is 2.13. The number of hydrogen-bond donors (Lipinski definition) is 1. The molecular formula is C11H18N2O4S. The van der Waals surface area contributed by atoms with Gasteiger partial charge < -0.3 is 19.7 Å². The Labute approximate surface area is 110 Å². The Morgan fingerprint density at radius 3 is 3.06 bits per heavy atom. The fraction of sp³-hybridized carbons (Fsp3) is 0.636. The summed E-state index contributed by atoms with van der Waals surface area (Å²) in [6, 6.07) is 1.31. The molecule has 0 bridgehead atoms. The molecule has 1 unspecified atom stereocenters. The van der Waals surface area contributed by atoms with E-state index in [1.54, 1.807) is 18.9 Å². The standard InChI is InChI=1S/C11H18N2O4S/c1-15-6-9-5-8(13-17-9)7-18-4-3-10(12)11(14)16-2/h5,10H,3-4,6-7,12H2,1-2H3. The molecule has 2 N–H and O–H groups in total. The van der Waals surface area contributed by atoms with E-state index in [4.69, 9.17) is 15.0 Å². The molecule has 0 saturated heterocycles. The molecule has 6 nitrogen and oxygen atoms in total. The van der Waals surface area contributed by atoms with Crippen molar-refractivity contribution in [1.29, 1.82) is 0 Å². The molecule has 0 radical (unpaired) electrons. The molecule has 102 valence electrons. The maximum atomic E-state index is 11.1. The predicted molar refractivity (Wildman–Crippen MR) is 68.0 cm³/mol. The molecule has 0 fully saturated rings. The molecule has 18 heavy (non-hydrogen) atoms. The van der Waals surface area contributed by atoms with E-state index in [1.165, 1.54) is 7.11 Å². The molecule has 0 aliphatic carbocycles. The van der Waals surface area contributed by atoms with Crippen LogP contribution >= 0.6 is 11.8 Å². The van der Waals surface area contributed by atoms with Gasteiger partial charge in [-0.3, -0.25) is 4.79 Å². The van der Waals surface area contributed by atoms with Gasteiger partial charge in [-0.25, -0.2) is 0 Å². The topological polar surface area (TPSA) is 87.6 Å². The number of methoxy groups -OCH3 is 2. The lowest BCUT2D eigenvalue weighted by Gasteiger charge is -2.07. The molecule has 0 amide bonds. The van der Waals surface area contributed by atoms with E-state index in [0.717, 1.165) is 17.2 Å². The third-order valence-corrected chi connectivity index (χ3v) is 3.25. The predicted octanol–water partition coefficient (Wildman–Crippen LogP) is 0.945. The van der Waals surface area contributed by atoms with Crippen LogP contribution in [0.15, 0.2) is 10.6 Å². The van der Waals surface area contributed by atoms with Crippen LogP contribution < -0.4 is 5.73 Å². The van der Waals surface area contributed by atoms with Gasteiger partial charge in [-0.15, -0.1) is 0 Å². The van der Waals surface area contributed by atoms with Crippen LogP contribution in [-0.4, -0.2) is 37.1 Å². The minimum absolute atomic E-state index is 0.376. The van der Waals surface area contributed by atoms with Gasteiger partial charge in [-0.2, -0.15) is 11.8 Å². The van der Waals surface area contributed by atoms with E-state index in [9.17, 15) is 4.79 Å². The quantitative estimate of drug-likeness (QED) is 0.557. The van der Waals surface area contributed by atoms with Crippen LogP contribution in [0, 0.1) is 0 Å². The SMILES string of the molecule is COCc1cc(CSCCC(N)C(=O)OC)no1. The zero-order chi connectivity index (χ0) is 13.4. The van der Waals surface area contributed by atoms with Crippen molar-refractivity contribution in [3.63, 3.8) is 0 Å². The van der Waals surface area contributed by atoms with Gasteiger partial charge in [0.05, 0.1) is 12.8 Å². The Morgan fingerprint density at radius 1 is 1.61 bits per heavy atom. The van der Waals surface area contributed by atoms with Crippen molar-refractivity contribution in [2.45, 2.75) is 24.8 Å². The van der Waals surface area contributed by atoms with Crippen LogP contribution in [0.4, 0.5) is 0 Å². The van der Waals surface area contributed by atoms with Gasteiger partial charge in [-0.05, 0) is 12.2 Å². The zero-order valence-electron chi connectivity index (χ0n) is 10.5. The Balaban J connectivity index is 2.19. The second-order valence-corrected chi connectivity index (χ2v) is 4.79. The summed E-state index contributed by atoms with van der Waals surface area (Å²) in [6.07, 6.45) is 0.583. The van der Waals surface area contributed by atoms with Crippen molar-refractivity contribution in [2.75, 3.05) is 20.0 Å². The summed E-state index contributed by atoms with van der Waals surface area (Å²) >= 11 is 1.64. The number of thioether (sulfide) groups is 1. The summed E-state index contributed by atoms with van der Waals surface area (Å²) in [6.45, 7) is 0.422. The summed E-state index contributed by atoms with van der Waals surface area (Å²) in [4.78, 5) is 11.1. The van der Waals surface area contributed by atoms with Crippen LogP contribution in [0.25, 0.3) is 0 Å². The highest BCUT2D eigenvalue weighted by molar-refractivity contribution is 7.98. The first-order chi connectivity index (χ1) is 8.67. The lowest BCUT2D eigenvalue weighted by molar-refractivity contribution is -0.142. The monoisotopic (exact) mass is 274 g/mol. The number of carbonyl (C=O) groups excluding carboxylic acids is 1. The molecule has 1 aromatic heterocycles. The van der Waals surface area contributed by atoms with Crippen LogP contribution in [0.3, 0.4) is 0 Å². The molecule has 0 saturated carbocycles. The number of hydrogen-bond acceptors (Lipinski definition) is 7. The van der Waals surface area contributed by atoms with Gasteiger partial charge in [0.15, 0.2) is 5.76 Å². The Hall–Kier alpha value is -1.05. The highest BCUT2D eigenvalue weighted by atomic mass is 32.2. The molecule has 0 spiro atoms. The summed E-state index contributed by atoms with van der Waals surface area (Å²) in [5.74, 6) is 1.82. The fourth-order valence-corrected chi connectivity index (χ4v) is 2.20. The lowest BCUT2D eigenvalue weighted by atomic mass is 10.2. The van der Waals surface area contributed by atoms with Gasteiger partial charge >= 0.3 is 5.97 Å². The molecular weight excluding hydrogens is 256 g/mol. The molecule has 0 aliphatic rings. The van der Waals surface area contributed by atoms with Gasteiger partial charge in [0, 0.05) is 18.9 Å². The molecule has 1 atom stereocenters. The second-order valence-electron chi connectivity index (χ2n) is 3.69. The number of aromatic nitrogens is 1. The van der Waals surface area contributed by atoms with Crippen molar-refractivity contribution >= 4 is 17.7 Å². The largest absolute Gasteiger partial charge is 0.468 e. The van der Waals surface area contributed by atoms with E-state index in [-0.39, 0.29) is 5.97 Å². The van der Waals surface area contributed by atoms with Crippen LogP contribution in [0.2, 0.25) is 0 Å². The number of ether oxygens (including phenoxy) is 2. The maximum Gasteiger partial charge on any atom is 0.322 e. The smallest absolute Gasteiger partial charge is 0.322 e. The minimum atomic E-state index is -0.552. The van der Waals surface area contributed by atoms with Crippen molar-refractivity contribution < 1.29 is 18.8 Å².